The topological polar surface area (TPSA) is 29.1 Å². The lowest BCUT2D eigenvalue weighted by molar-refractivity contribution is 0.0956. The van der Waals surface area contributed by atoms with Crippen LogP contribution in [-0.2, 0) is 12.8 Å². The summed E-state index contributed by atoms with van der Waals surface area (Å²) in [6.45, 7) is 2.96. The van der Waals surface area contributed by atoms with Gasteiger partial charge in [-0.25, -0.2) is 0 Å². The standard InChI is InChI=1S/C13H17NO/c1-2-4-10-6-7-11-5-3-8-14-13(15)12(11)9-10/h6-7,9H,2-5,8H2,1H3,(H,14,15). The van der Waals surface area contributed by atoms with Crippen LogP contribution in [0.3, 0.4) is 0 Å². The summed E-state index contributed by atoms with van der Waals surface area (Å²) in [5.41, 5.74) is 3.36. The van der Waals surface area contributed by atoms with Gasteiger partial charge in [0.25, 0.3) is 5.91 Å². The van der Waals surface area contributed by atoms with E-state index in [-0.39, 0.29) is 5.91 Å². The van der Waals surface area contributed by atoms with E-state index in [9.17, 15) is 4.79 Å². The Morgan fingerprint density at radius 2 is 2.27 bits per heavy atom. The van der Waals surface area contributed by atoms with Crippen molar-refractivity contribution in [1.82, 2.24) is 5.32 Å². The number of hydrogen-bond donors (Lipinski definition) is 1. The predicted octanol–water partition coefficient (Wildman–Crippen LogP) is 2.32. The molecule has 1 aliphatic rings. The lowest BCUT2D eigenvalue weighted by Crippen LogP contribution is -2.22. The Labute approximate surface area is 90.7 Å². The highest BCUT2D eigenvalue weighted by Gasteiger charge is 2.14. The first-order valence-corrected chi connectivity index (χ1v) is 5.71. The molecule has 0 aliphatic carbocycles. The molecule has 80 valence electrons. The molecule has 1 aliphatic heterocycles. The van der Waals surface area contributed by atoms with Crippen molar-refractivity contribution in [3.05, 3.63) is 34.9 Å². The largest absolute Gasteiger partial charge is 0.352 e. The second-order valence-corrected chi connectivity index (χ2v) is 4.10. The Kier molecular flexibility index (Phi) is 3.05. The van der Waals surface area contributed by atoms with E-state index in [2.05, 4.69) is 30.4 Å². The molecule has 0 radical (unpaired) electrons. The van der Waals surface area contributed by atoms with Crippen LogP contribution in [0.15, 0.2) is 18.2 Å². The van der Waals surface area contributed by atoms with Gasteiger partial charge in [-0.1, -0.05) is 25.5 Å². The molecule has 0 unspecified atom stereocenters. The van der Waals surface area contributed by atoms with E-state index in [0.717, 1.165) is 37.8 Å². The molecule has 1 aromatic rings. The summed E-state index contributed by atoms with van der Waals surface area (Å²) in [7, 11) is 0. The summed E-state index contributed by atoms with van der Waals surface area (Å²) in [6, 6.07) is 6.33. The summed E-state index contributed by atoms with van der Waals surface area (Å²) >= 11 is 0. The van der Waals surface area contributed by atoms with Gasteiger partial charge in [0, 0.05) is 12.1 Å². The first kappa shape index (κ1) is 10.2. The van der Waals surface area contributed by atoms with Crippen molar-refractivity contribution in [2.45, 2.75) is 32.6 Å². The molecular weight excluding hydrogens is 186 g/mol. The third-order valence-corrected chi connectivity index (χ3v) is 2.87. The molecule has 0 bridgehead atoms. The number of nitrogens with one attached hydrogen (secondary N) is 1. The Morgan fingerprint density at radius 1 is 1.40 bits per heavy atom. The van der Waals surface area contributed by atoms with Gasteiger partial charge in [-0.2, -0.15) is 0 Å². The number of rotatable bonds is 2. The molecule has 0 saturated carbocycles. The molecule has 0 aromatic heterocycles. The minimum atomic E-state index is 0.0976. The van der Waals surface area contributed by atoms with Crippen LogP contribution in [0.4, 0.5) is 0 Å². The van der Waals surface area contributed by atoms with Crippen LogP contribution in [0.5, 0.6) is 0 Å². The first-order chi connectivity index (χ1) is 7.31. The average molecular weight is 203 g/mol. The van der Waals surface area contributed by atoms with E-state index < -0.39 is 0 Å². The second-order valence-electron chi connectivity index (χ2n) is 4.10. The van der Waals surface area contributed by atoms with Crippen LogP contribution in [0, 0.1) is 0 Å². The van der Waals surface area contributed by atoms with E-state index >= 15 is 0 Å². The maximum Gasteiger partial charge on any atom is 0.251 e. The van der Waals surface area contributed by atoms with Crippen molar-refractivity contribution in [1.29, 1.82) is 0 Å². The van der Waals surface area contributed by atoms with Crippen molar-refractivity contribution in [2.24, 2.45) is 0 Å². The van der Waals surface area contributed by atoms with Crippen LogP contribution >= 0.6 is 0 Å². The Hall–Kier alpha value is -1.31. The molecule has 1 N–H and O–H groups in total. The van der Waals surface area contributed by atoms with Gasteiger partial charge in [0.2, 0.25) is 0 Å². The van der Waals surface area contributed by atoms with Crippen LogP contribution in [0.1, 0.15) is 41.3 Å². The summed E-state index contributed by atoms with van der Waals surface area (Å²) in [5, 5.41) is 2.93. The quantitative estimate of drug-likeness (QED) is 0.785. The van der Waals surface area contributed by atoms with Crippen molar-refractivity contribution in [2.75, 3.05) is 6.54 Å². The molecule has 2 heteroatoms. The van der Waals surface area contributed by atoms with Gasteiger partial charge in [-0.15, -0.1) is 0 Å². The lowest BCUT2D eigenvalue weighted by Gasteiger charge is -2.06. The lowest BCUT2D eigenvalue weighted by atomic mass is 9.99. The summed E-state index contributed by atoms with van der Waals surface area (Å²) < 4.78 is 0. The van der Waals surface area contributed by atoms with Crippen molar-refractivity contribution >= 4 is 5.91 Å². The molecule has 1 amide bonds. The highest BCUT2D eigenvalue weighted by molar-refractivity contribution is 5.96. The molecule has 1 aromatic carbocycles. The van der Waals surface area contributed by atoms with E-state index in [1.165, 1.54) is 11.1 Å². The fraction of sp³-hybridized carbons (Fsp3) is 0.462. The molecule has 0 saturated heterocycles. The molecule has 2 rings (SSSR count). The van der Waals surface area contributed by atoms with Gasteiger partial charge in [0.05, 0.1) is 0 Å². The fourth-order valence-corrected chi connectivity index (χ4v) is 2.07. The molecule has 0 fully saturated rings. The minimum Gasteiger partial charge on any atom is -0.352 e. The average Bonchev–Trinajstić information content (AvgIpc) is 2.42. The number of fused-ring (bicyclic) bond motifs is 1. The SMILES string of the molecule is CCCc1ccc2c(c1)C(=O)NCCC2. The fourth-order valence-electron chi connectivity index (χ4n) is 2.07. The minimum absolute atomic E-state index is 0.0976. The zero-order chi connectivity index (χ0) is 10.7. The third-order valence-electron chi connectivity index (χ3n) is 2.87. The summed E-state index contributed by atoms with van der Waals surface area (Å²) in [4.78, 5) is 11.8. The summed E-state index contributed by atoms with van der Waals surface area (Å²) in [5.74, 6) is 0.0976. The van der Waals surface area contributed by atoms with Crippen LogP contribution in [-0.4, -0.2) is 12.5 Å². The van der Waals surface area contributed by atoms with Gasteiger partial charge in [-0.3, -0.25) is 4.79 Å². The van der Waals surface area contributed by atoms with Crippen molar-refractivity contribution in [3.8, 4) is 0 Å². The number of hydrogen-bond acceptors (Lipinski definition) is 1. The van der Waals surface area contributed by atoms with Gasteiger partial charge in [0.15, 0.2) is 0 Å². The zero-order valence-corrected chi connectivity index (χ0v) is 9.18. The maximum atomic E-state index is 11.8. The van der Waals surface area contributed by atoms with Crippen LogP contribution < -0.4 is 5.32 Å². The number of carbonyl (C=O) groups is 1. The maximum absolute atomic E-state index is 11.8. The third kappa shape index (κ3) is 2.20. The van der Waals surface area contributed by atoms with E-state index in [4.69, 9.17) is 0 Å². The predicted molar refractivity (Wildman–Crippen MR) is 61.1 cm³/mol. The number of aryl methyl sites for hydroxylation is 2. The Balaban J connectivity index is 2.35. The van der Waals surface area contributed by atoms with Crippen LogP contribution in [0.25, 0.3) is 0 Å². The van der Waals surface area contributed by atoms with E-state index in [1.807, 2.05) is 0 Å². The van der Waals surface area contributed by atoms with E-state index in [0.29, 0.717) is 0 Å². The number of benzene rings is 1. The van der Waals surface area contributed by atoms with Gasteiger partial charge in [-0.05, 0) is 36.5 Å². The molecular formula is C13H17NO. The molecule has 0 spiro atoms. The molecule has 0 atom stereocenters. The second kappa shape index (κ2) is 4.47. The van der Waals surface area contributed by atoms with E-state index in [1.54, 1.807) is 0 Å². The molecule has 15 heavy (non-hydrogen) atoms. The number of carbonyl (C=O) groups excluding carboxylic acids is 1. The van der Waals surface area contributed by atoms with Gasteiger partial charge in [0.1, 0.15) is 0 Å². The smallest absolute Gasteiger partial charge is 0.251 e. The van der Waals surface area contributed by atoms with Gasteiger partial charge < -0.3 is 5.32 Å². The first-order valence-electron chi connectivity index (χ1n) is 5.71. The number of amides is 1. The van der Waals surface area contributed by atoms with Crippen molar-refractivity contribution in [3.63, 3.8) is 0 Å². The normalized spacial score (nSPS) is 15.4. The molecule has 2 nitrogen and oxygen atoms in total. The summed E-state index contributed by atoms with van der Waals surface area (Å²) in [6.07, 6.45) is 4.24. The molecule has 1 heterocycles. The highest BCUT2D eigenvalue weighted by atomic mass is 16.1. The highest BCUT2D eigenvalue weighted by Crippen LogP contribution is 2.17. The Bertz CT molecular complexity index is 371. The Morgan fingerprint density at radius 3 is 3.07 bits per heavy atom. The monoisotopic (exact) mass is 203 g/mol. The van der Waals surface area contributed by atoms with Crippen LogP contribution in [0.2, 0.25) is 0 Å². The van der Waals surface area contributed by atoms with Gasteiger partial charge >= 0.3 is 0 Å². The van der Waals surface area contributed by atoms with Crippen molar-refractivity contribution < 1.29 is 4.79 Å². The zero-order valence-electron chi connectivity index (χ0n) is 9.18.